The van der Waals surface area contributed by atoms with Gasteiger partial charge in [-0.2, -0.15) is 0 Å². The van der Waals surface area contributed by atoms with Crippen LogP contribution in [0.3, 0.4) is 0 Å². The molecule has 9 nitrogen and oxygen atoms in total. The molecule has 0 N–H and O–H groups in total. The molecule has 1 saturated carbocycles. The second kappa shape index (κ2) is 10.4. The number of piperazine rings is 1. The summed E-state index contributed by atoms with van der Waals surface area (Å²) in [6, 6.07) is 14.3. The van der Waals surface area contributed by atoms with E-state index in [0.717, 1.165) is 11.6 Å². The van der Waals surface area contributed by atoms with Crippen molar-refractivity contribution < 1.29 is 13.6 Å². The Hall–Kier alpha value is -4.41. The zero-order valence-corrected chi connectivity index (χ0v) is 21.5. The summed E-state index contributed by atoms with van der Waals surface area (Å²) in [4.78, 5) is 33.0. The van der Waals surface area contributed by atoms with E-state index in [1.165, 1.54) is 41.8 Å². The summed E-state index contributed by atoms with van der Waals surface area (Å²) in [6.45, 7) is 2.37. The quantitative estimate of drug-likeness (QED) is 0.361. The van der Waals surface area contributed by atoms with E-state index in [9.17, 15) is 13.6 Å². The van der Waals surface area contributed by atoms with Crippen LogP contribution < -0.4 is 9.80 Å². The van der Waals surface area contributed by atoms with E-state index >= 15 is 0 Å². The maximum Gasteiger partial charge on any atom is 0.244 e. The van der Waals surface area contributed by atoms with Crippen LogP contribution in [0.5, 0.6) is 0 Å². The predicted molar refractivity (Wildman–Crippen MR) is 143 cm³/mol. The third-order valence-corrected chi connectivity index (χ3v) is 7.21. The molecule has 200 valence electrons. The Morgan fingerprint density at radius 3 is 2.21 bits per heavy atom. The molecular weight excluding hydrogens is 502 g/mol. The second-order valence-corrected chi connectivity index (χ2v) is 9.87. The number of rotatable bonds is 7. The van der Waals surface area contributed by atoms with Crippen molar-refractivity contribution in [2.75, 3.05) is 43.0 Å². The van der Waals surface area contributed by atoms with Crippen molar-refractivity contribution in [2.24, 2.45) is 0 Å². The maximum atomic E-state index is 13.6. The van der Waals surface area contributed by atoms with Gasteiger partial charge in [0.05, 0.1) is 0 Å². The van der Waals surface area contributed by atoms with Gasteiger partial charge >= 0.3 is 0 Å². The number of nitrogens with zero attached hydrogens (tertiary/aromatic N) is 8. The average Bonchev–Trinajstić information content (AvgIpc) is 3.74. The summed E-state index contributed by atoms with van der Waals surface area (Å²) >= 11 is 0. The van der Waals surface area contributed by atoms with Crippen molar-refractivity contribution in [2.45, 2.75) is 25.4 Å². The average molecular weight is 531 g/mol. The summed E-state index contributed by atoms with van der Waals surface area (Å²) in [7, 11) is 2.06. The molecule has 3 heterocycles. The molecule has 6 rings (SSSR count). The van der Waals surface area contributed by atoms with Gasteiger partial charge in [-0.3, -0.25) is 4.79 Å². The third-order valence-electron chi connectivity index (χ3n) is 7.21. The number of benzene rings is 2. The SMILES string of the molecule is CN(c1cc(N2CCN(C(=O)Cn3nc(-c4ccc(F)cc4)nc3-c3ccc(F)cc3)CC2)ncn1)C1CC1. The molecule has 11 heteroatoms. The molecule has 2 fully saturated rings. The van der Waals surface area contributed by atoms with E-state index in [-0.39, 0.29) is 24.1 Å². The molecule has 2 aromatic carbocycles. The van der Waals surface area contributed by atoms with Crippen LogP contribution >= 0.6 is 0 Å². The van der Waals surface area contributed by atoms with E-state index in [1.807, 2.05) is 11.0 Å². The van der Waals surface area contributed by atoms with Gasteiger partial charge in [-0.25, -0.2) is 28.4 Å². The minimum atomic E-state index is -0.368. The topological polar surface area (TPSA) is 83.3 Å². The Bertz CT molecular complexity index is 1460. The molecule has 39 heavy (non-hydrogen) atoms. The molecule has 2 aromatic heterocycles. The molecule has 0 atom stereocenters. The Balaban J connectivity index is 1.17. The third kappa shape index (κ3) is 5.43. The molecule has 2 aliphatic rings. The van der Waals surface area contributed by atoms with E-state index in [2.05, 4.69) is 36.9 Å². The molecule has 0 unspecified atom stereocenters. The first-order valence-corrected chi connectivity index (χ1v) is 13.0. The Morgan fingerprint density at radius 1 is 0.923 bits per heavy atom. The van der Waals surface area contributed by atoms with Gasteiger partial charge < -0.3 is 14.7 Å². The first kappa shape index (κ1) is 24.9. The fourth-order valence-corrected chi connectivity index (χ4v) is 4.75. The number of anilines is 2. The summed E-state index contributed by atoms with van der Waals surface area (Å²) in [5, 5.41) is 4.56. The van der Waals surface area contributed by atoms with Crippen molar-refractivity contribution in [3.05, 3.63) is 72.6 Å². The van der Waals surface area contributed by atoms with Crippen molar-refractivity contribution >= 4 is 17.5 Å². The van der Waals surface area contributed by atoms with Gasteiger partial charge in [-0.05, 0) is 61.4 Å². The largest absolute Gasteiger partial charge is 0.357 e. The molecule has 0 bridgehead atoms. The number of aromatic nitrogens is 5. The smallest absolute Gasteiger partial charge is 0.244 e. The van der Waals surface area contributed by atoms with Crippen LogP contribution in [0.4, 0.5) is 20.4 Å². The number of hydrogen-bond donors (Lipinski definition) is 0. The predicted octanol–water partition coefficient (Wildman–Crippen LogP) is 3.63. The molecule has 1 aliphatic heterocycles. The van der Waals surface area contributed by atoms with Crippen molar-refractivity contribution in [3.63, 3.8) is 0 Å². The lowest BCUT2D eigenvalue weighted by Gasteiger charge is -2.35. The Morgan fingerprint density at radius 2 is 1.56 bits per heavy atom. The number of amides is 1. The highest BCUT2D eigenvalue weighted by molar-refractivity contribution is 5.77. The molecule has 4 aromatic rings. The monoisotopic (exact) mass is 530 g/mol. The van der Waals surface area contributed by atoms with Gasteiger partial charge in [0, 0.05) is 56.5 Å². The number of carbonyl (C=O) groups excluding carboxylic acids is 1. The summed E-state index contributed by atoms with van der Waals surface area (Å²) in [5.41, 5.74) is 1.25. The van der Waals surface area contributed by atoms with Crippen LogP contribution in [0.1, 0.15) is 12.8 Å². The van der Waals surface area contributed by atoms with Crippen LogP contribution in [0, 0.1) is 11.6 Å². The highest BCUT2D eigenvalue weighted by Crippen LogP contribution is 2.30. The molecular formula is C28H28F2N8O. The first-order chi connectivity index (χ1) is 18.9. The van der Waals surface area contributed by atoms with Gasteiger partial charge in [0.1, 0.15) is 36.1 Å². The lowest BCUT2D eigenvalue weighted by molar-refractivity contribution is -0.132. The molecule has 0 radical (unpaired) electrons. The highest BCUT2D eigenvalue weighted by atomic mass is 19.1. The van der Waals surface area contributed by atoms with Gasteiger partial charge in [0.15, 0.2) is 11.6 Å². The van der Waals surface area contributed by atoms with Gasteiger partial charge in [0.25, 0.3) is 0 Å². The van der Waals surface area contributed by atoms with E-state index in [1.54, 1.807) is 30.6 Å². The van der Waals surface area contributed by atoms with Gasteiger partial charge in [-0.1, -0.05) is 0 Å². The van der Waals surface area contributed by atoms with E-state index in [4.69, 9.17) is 0 Å². The van der Waals surface area contributed by atoms with Crippen molar-refractivity contribution in [1.29, 1.82) is 0 Å². The molecule has 1 saturated heterocycles. The van der Waals surface area contributed by atoms with Gasteiger partial charge in [0.2, 0.25) is 5.91 Å². The Kier molecular flexibility index (Phi) is 6.64. The van der Waals surface area contributed by atoms with Crippen molar-refractivity contribution in [3.8, 4) is 22.8 Å². The molecule has 1 amide bonds. The fourth-order valence-electron chi connectivity index (χ4n) is 4.75. The van der Waals surface area contributed by atoms with Crippen LogP contribution in [0.2, 0.25) is 0 Å². The number of hydrogen-bond acceptors (Lipinski definition) is 7. The number of halogens is 2. The van der Waals surface area contributed by atoms with E-state index < -0.39 is 0 Å². The van der Waals surface area contributed by atoms with Crippen LogP contribution in [0.25, 0.3) is 22.8 Å². The minimum absolute atomic E-state index is 0.0231. The second-order valence-electron chi connectivity index (χ2n) is 9.87. The zero-order valence-electron chi connectivity index (χ0n) is 21.5. The number of carbonyl (C=O) groups is 1. The summed E-state index contributed by atoms with van der Waals surface area (Å²) in [5.74, 6) is 1.76. The minimum Gasteiger partial charge on any atom is -0.357 e. The van der Waals surface area contributed by atoms with Crippen molar-refractivity contribution in [1.82, 2.24) is 29.6 Å². The Labute approximate surface area is 224 Å². The first-order valence-electron chi connectivity index (χ1n) is 13.0. The zero-order chi connectivity index (χ0) is 26.9. The molecule has 1 aliphatic carbocycles. The normalized spacial score (nSPS) is 15.5. The summed E-state index contributed by atoms with van der Waals surface area (Å²) < 4.78 is 28.5. The van der Waals surface area contributed by atoms with E-state index in [0.29, 0.717) is 55.0 Å². The standard InChI is InChI=1S/C28H28F2N8O/c1-35(23-10-11-23)24-16-25(32-18-31-24)36-12-14-37(15-13-36)26(39)17-38-28(20-4-8-22(30)9-5-20)33-27(34-38)19-2-6-21(29)7-3-19/h2-9,16,18,23H,10-15,17H2,1H3. The molecule has 0 spiro atoms. The van der Waals surface area contributed by atoms with Gasteiger partial charge in [-0.15, -0.1) is 5.10 Å². The highest BCUT2D eigenvalue weighted by Gasteiger charge is 2.28. The van der Waals surface area contributed by atoms with Crippen LogP contribution in [-0.4, -0.2) is 74.8 Å². The summed E-state index contributed by atoms with van der Waals surface area (Å²) in [6.07, 6.45) is 3.98. The fraction of sp³-hybridized carbons (Fsp3) is 0.321. The lowest BCUT2D eigenvalue weighted by atomic mass is 10.2. The lowest BCUT2D eigenvalue weighted by Crippen LogP contribution is -2.50. The maximum absolute atomic E-state index is 13.6. The van der Waals surface area contributed by atoms with Crippen LogP contribution in [0.15, 0.2) is 60.9 Å². The van der Waals surface area contributed by atoms with Crippen LogP contribution in [-0.2, 0) is 11.3 Å².